The van der Waals surface area contributed by atoms with Crippen LogP contribution in [0.15, 0.2) is 88.1 Å². The summed E-state index contributed by atoms with van der Waals surface area (Å²) in [4.78, 5) is 12.7. The molecule has 1 N–H and O–H groups in total. The first kappa shape index (κ1) is 18.7. The standard InChI is InChI=1S/C27H24O3/c28-26-23-11-4-5-12-24(23)30-27(29)25(26)22-10-6-9-21(17-22)20-15-13-19(14-16-20)18-7-2-1-3-8-18/h1-5,7-8,11-16,21-22,28H,6,9-10,17H2. The number of aromatic hydroxyl groups is 1. The molecule has 1 aliphatic rings. The lowest BCUT2D eigenvalue weighted by molar-refractivity contribution is 0.368. The van der Waals surface area contributed by atoms with Crippen LogP contribution in [0.2, 0.25) is 0 Å². The number of benzene rings is 3. The molecule has 1 aliphatic carbocycles. The Balaban J connectivity index is 1.43. The van der Waals surface area contributed by atoms with Gasteiger partial charge in [-0.15, -0.1) is 0 Å². The van der Waals surface area contributed by atoms with Gasteiger partial charge in [-0.3, -0.25) is 0 Å². The van der Waals surface area contributed by atoms with Crippen LogP contribution >= 0.6 is 0 Å². The highest BCUT2D eigenvalue weighted by Gasteiger charge is 2.29. The first-order valence-corrected chi connectivity index (χ1v) is 10.6. The molecule has 5 rings (SSSR count). The van der Waals surface area contributed by atoms with Gasteiger partial charge in [0.15, 0.2) is 0 Å². The van der Waals surface area contributed by atoms with Gasteiger partial charge in [-0.1, -0.05) is 73.2 Å². The maximum absolute atomic E-state index is 12.7. The molecule has 2 unspecified atom stereocenters. The van der Waals surface area contributed by atoms with Crippen molar-refractivity contribution in [1.29, 1.82) is 0 Å². The molecule has 1 fully saturated rings. The summed E-state index contributed by atoms with van der Waals surface area (Å²) >= 11 is 0. The van der Waals surface area contributed by atoms with Crippen LogP contribution in [-0.4, -0.2) is 5.11 Å². The summed E-state index contributed by atoms with van der Waals surface area (Å²) in [6.07, 6.45) is 3.87. The Bertz CT molecular complexity index is 1220. The molecule has 3 heteroatoms. The molecular weight excluding hydrogens is 372 g/mol. The minimum absolute atomic E-state index is 0.0124. The second kappa shape index (κ2) is 7.83. The van der Waals surface area contributed by atoms with E-state index in [2.05, 4.69) is 48.5 Å². The minimum Gasteiger partial charge on any atom is -0.507 e. The van der Waals surface area contributed by atoms with Crippen molar-refractivity contribution in [3.05, 3.63) is 100 Å². The van der Waals surface area contributed by atoms with Gasteiger partial charge in [0, 0.05) is 0 Å². The summed E-state index contributed by atoms with van der Waals surface area (Å²) in [6, 6.07) is 26.3. The number of rotatable bonds is 3. The second-order valence-electron chi connectivity index (χ2n) is 8.20. The van der Waals surface area contributed by atoms with Crippen LogP contribution in [-0.2, 0) is 0 Å². The predicted octanol–water partition coefficient (Wildman–Crippen LogP) is 6.61. The molecule has 0 spiro atoms. The zero-order chi connectivity index (χ0) is 20.5. The van der Waals surface area contributed by atoms with Gasteiger partial charge in [0.1, 0.15) is 11.3 Å². The van der Waals surface area contributed by atoms with Crippen LogP contribution in [0.1, 0.15) is 48.6 Å². The highest BCUT2D eigenvalue weighted by molar-refractivity contribution is 5.84. The van der Waals surface area contributed by atoms with E-state index in [1.165, 1.54) is 16.7 Å². The lowest BCUT2D eigenvalue weighted by atomic mass is 9.75. The third-order valence-corrected chi connectivity index (χ3v) is 6.39. The minimum atomic E-state index is -0.406. The first-order chi connectivity index (χ1) is 14.7. The fraction of sp³-hybridized carbons (Fsp3) is 0.222. The van der Waals surface area contributed by atoms with Gasteiger partial charge in [-0.2, -0.15) is 0 Å². The van der Waals surface area contributed by atoms with E-state index in [1.54, 1.807) is 18.2 Å². The maximum Gasteiger partial charge on any atom is 0.343 e. The molecule has 3 nitrogen and oxygen atoms in total. The normalized spacial score (nSPS) is 19.1. The van der Waals surface area contributed by atoms with Crippen molar-refractivity contribution in [2.24, 2.45) is 0 Å². The van der Waals surface area contributed by atoms with Crippen LogP contribution < -0.4 is 5.63 Å². The molecule has 1 aromatic heterocycles. The number of hydrogen-bond acceptors (Lipinski definition) is 3. The van der Waals surface area contributed by atoms with Crippen LogP contribution in [0.25, 0.3) is 22.1 Å². The molecule has 0 bridgehead atoms. The molecule has 0 aliphatic heterocycles. The topological polar surface area (TPSA) is 50.4 Å². The molecule has 0 amide bonds. The van der Waals surface area contributed by atoms with Crippen molar-refractivity contribution in [1.82, 2.24) is 0 Å². The van der Waals surface area contributed by atoms with Crippen molar-refractivity contribution >= 4 is 11.0 Å². The average Bonchev–Trinajstić information content (AvgIpc) is 2.80. The Hall–Kier alpha value is -3.33. The summed E-state index contributed by atoms with van der Waals surface area (Å²) in [5.41, 5.74) is 4.19. The Morgan fingerprint density at radius 1 is 0.767 bits per heavy atom. The lowest BCUT2D eigenvalue weighted by Gasteiger charge is -2.29. The van der Waals surface area contributed by atoms with E-state index >= 15 is 0 Å². The van der Waals surface area contributed by atoms with Gasteiger partial charge in [-0.05, 0) is 59.9 Å². The fourth-order valence-electron chi connectivity index (χ4n) is 4.84. The number of fused-ring (bicyclic) bond motifs is 1. The van der Waals surface area contributed by atoms with Gasteiger partial charge < -0.3 is 9.52 Å². The van der Waals surface area contributed by atoms with Crippen molar-refractivity contribution in [3.63, 3.8) is 0 Å². The van der Waals surface area contributed by atoms with Crippen molar-refractivity contribution in [3.8, 4) is 16.9 Å². The summed E-state index contributed by atoms with van der Waals surface area (Å²) in [5.74, 6) is 0.476. The van der Waals surface area contributed by atoms with Gasteiger partial charge in [0.05, 0.1) is 10.9 Å². The van der Waals surface area contributed by atoms with Crippen molar-refractivity contribution in [2.75, 3.05) is 0 Å². The molecule has 150 valence electrons. The van der Waals surface area contributed by atoms with E-state index in [9.17, 15) is 9.90 Å². The predicted molar refractivity (Wildman–Crippen MR) is 120 cm³/mol. The summed E-state index contributed by atoms with van der Waals surface area (Å²) in [7, 11) is 0. The molecule has 1 heterocycles. The molecule has 0 saturated heterocycles. The fourth-order valence-corrected chi connectivity index (χ4v) is 4.84. The Labute approximate surface area is 175 Å². The molecular formula is C27H24O3. The van der Waals surface area contributed by atoms with E-state index in [1.807, 2.05) is 12.1 Å². The average molecular weight is 396 g/mol. The van der Waals surface area contributed by atoms with E-state index in [4.69, 9.17) is 4.42 Å². The van der Waals surface area contributed by atoms with Crippen LogP contribution in [0.4, 0.5) is 0 Å². The Kier molecular flexibility index (Phi) is 4.88. The molecule has 2 atom stereocenters. The quantitative estimate of drug-likeness (QED) is 0.397. The Morgan fingerprint density at radius 2 is 1.43 bits per heavy atom. The first-order valence-electron chi connectivity index (χ1n) is 10.6. The molecule has 4 aromatic rings. The lowest BCUT2D eigenvalue weighted by Crippen LogP contribution is -2.19. The second-order valence-corrected chi connectivity index (χ2v) is 8.20. The SMILES string of the molecule is O=c1oc2ccccc2c(O)c1C1CCCC(c2ccc(-c3ccccc3)cc2)C1. The van der Waals surface area contributed by atoms with E-state index < -0.39 is 5.63 Å². The van der Waals surface area contributed by atoms with Crippen LogP contribution in [0.3, 0.4) is 0 Å². The zero-order valence-electron chi connectivity index (χ0n) is 16.8. The van der Waals surface area contributed by atoms with Gasteiger partial charge in [0.25, 0.3) is 0 Å². The maximum atomic E-state index is 12.7. The molecule has 30 heavy (non-hydrogen) atoms. The van der Waals surface area contributed by atoms with Crippen molar-refractivity contribution < 1.29 is 9.52 Å². The van der Waals surface area contributed by atoms with Crippen LogP contribution in [0.5, 0.6) is 5.75 Å². The van der Waals surface area contributed by atoms with Crippen LogP contribution in [0, 0.1) is 0 Å². The van der Waals surface area contributed by atoms with Gasteiger partial charge in [-0.25, -0.2) is 4.79 Å². The third kappa shape index (κ3) is 3.41. The van der Waals surface area contributed by atoms with Gasteiger partial charge >= 0.3 is 5.63 Å². The van der Waals surface area contributed by atoms with E-state index in [-0.39, 0.29) is 11.7 Å². The Morgan fingerprint density at radius 3 is 2.23 bits per heavy atom. The smallest absolute Gasteiger partial charge is 0.343 e. The molecule has 0 radical (unpaired) electrons. The monoisotopic (exact) mass is 396 g/mol. The number of para-hydroxylation sites is 1. The highest BCUT2D eigenvalue weighted by Crippen LogP contribution is 2.44. The summed E-state index contributed by atoms with van der Waals surface area (Å²) < 4.78 is 5.52. The highest BCUT2D eigenvalue weighted by atomic mass is 16.4. The third-order valence-electron chi connectivity index (χ3n) is 6.39. The largest absolute Gasteiger partial charge is 0.507 e. The van der Waals surface area contributed by atoms with E-state index in [0.717, 1.165) is 25.7 Å². The number of hydrogen-bond donors (Lipinski definition) is 1. The molecule has 1 saturated carbocycles. The van der Waals surface area contributed by atoms with E-state index in [0.29, 0.717) is 22.5 Å². The summed E-state index contributed by atoms with van der Waals surface area (Å²) in [6.45, 7) is 0. The zero-order valence-corrected chi connectivity index (χ0v) is 16.8. The van der Waals surface area contributed by atoms with Gasteiger partial charge in [0.2, 0.25) is 0 Å². The molecule has 3 aromatic carbocycles. The summed E-state index contributed by atoms with van der Waals surface area (Å²) in [5, 5.41) is 11.5. The van der Waals surface area contributed by atoms with Crippen molar-refractivity contribution in [2.45, 2.75) is 37.5 Å².